The molecule has 1 amide bonds. The van der Waals surface area contributed by atoms with Crippen LogP contribution in [0.2, 0.25) is 0 Å². The Morgan fingerprint density at radius 1 is 1.09 bits per heavy atom. The van der Waals surface area contributed by atoms with Crippen molar-refractivity contribution < 1.29 is 32.2 Å². The van der Waals surface area contributed by atoms with E-state index in [1.807, 2.05) is 0 Å². The third-order valence-corrected chi connectivity index (χ3v) is 6.54. The fourth-order valence-corrected chi connectivity index (χ4v) is 5.12. The van der Waals surface area contributed by atoms with Crippen LogP contribution in [0.15, 0.2) is 53.0 Å². The van der Waals surface area contributed by atoms with E-state index >= 15 is 4.39 Å². The van der Waals surface area contributed by atoms with Gasteiger partial charge in [-0.1, -0.05) is 18.2 Å². The highest BCUT2D eigenvalue weighted by molar-refractivity contribution is 5.95. The van der Waals surface area contributed by atoms with Crippen molar-refractivity contribution in [2.24, 2.45) is 5.10 Å². The number of hydrogen-bond acceptors (Lipinski definition) is 5. The molecule has 0 saturated carbocycles. The number of rotatable bonds is 3. The molecule has 2 aromatic carbocycles. The molecule has 3 atom stereocenters. The van der Waals surface area contributed by atoms with Gasteiger partial charge in [-0.15, -0.1) is 0 Å². The second-order valence-electron chi connectivity index (χ2n) is 8.45. The highest BCUT2D eigenvalue weighted by Crippen LogP contribution is 2.44. The SMILES string of the molecule is O=C1/C2=C(\O)COC/C=N\N2[C@@H]([C@@H](c2ccc(F)c(F)c2)c2cccc(F)c2F)[C@H]2CCCN12. The third-order valence-electron chi connectivity index (χ3n) is 6.54. The zero-order valence-corrected chi connectivity index (χ0v) is 17.9. The number of carbonyl (C=O) groups excluding carboxylic acids is 1. The van der Waals surface area contributed by atoms with Crippen molar-refractivity contribution in [1.29, 1.82) is 0 Å². The summed E-state index contributed by atoms with van der Waals surface area (Å²) in [6.45, 7) is 0.206. The van der Waals surface area contributed by atoms with E-state index < -0.39 is 47.2 Å². The second kappa shape index (κ2) is 8.75. The Morgan fingerprint density at radius 2 is 1.91 bits per heavy atom. The van der Waals surface area contributed by atoms with Gasteiger partial charge >= 0.3 is 0 Å². The average Bonchev–Trinajstić information content (AvgIpc) is 3.29. The van der Waals surface area contributed by atoms with E-state index in [0.29, 0.717) is 19.4 Å². The minimum Gasteiger partial charge on any atom is -0.507 e. The summed E-state index contributed by atoms with van der Waals surface area (Å²) in [6, 6.07) is 5.52. The van der Waals surface area contributed by atoms with Gasteiger partial charge in [0.25, 0.3) is 5.91 Å². The number of benzene rings is 2. The van der Waals surface area contributed by atoms with Crippen LogP contribution in [0.5, 0.6) is 0 Å². The highest BCUT2D eigenvalue weighted by Gasteiger charge is 2.51. The van der Waals surface area contributed by atoms with Crippen molar-refractivity contribution in [1.82, 2.24) is 9.91 Å². The highest BCUT2D eigenvalue weighted by atomic mass is 19.2. The van der Waals surface area contributed by atoms with Crippen LogP contribution in [0.1, 0.15) is 29.9 Å². The lowest BCUT2D eigenvalue weighted by atomic mass is 9.79. The van der Waals surface area contributed by atoms with Crippen molar-refractivity contribution in [3.63, 3.8) is 0 Å². The molecule has 0 aliphatic carbocycles. The summed E-state index contributed by atoms with van der Waals surface area (Å²) in [7, 11) is 0. The lowest BCUT2D eigenvalue weighted by Crippen LogP contribution is -2.59. The Kier molecular flexibility index (Phi) is 5.76. The van der Waals surface area contributed by atoms with Crippen molar-refractivity contribution in [2.45, 2.75) is 30.8 Å². The van der Waals surface area contributed by atoms with Crippen LogP contribution in [0.4, 0.5) is 17.6 Å². The molecule has 34 heavy (non-hydrogen) atoms. The Hall–Kier alpha value is -3.40. The van der Waals surface area contributed by atoms with Crippen LogP contribution in [-0.4, -0.2) is 59.0 Å². The summed E-state index contributed by atoms with van der Waals surface area (Å²) in [5, 5.41) is 16.3. The van der Waals surface area contributed by atoms with E-state index in [0.717, 1.165) is 18.2 Å². The van der Waals surface area contributed by atoms with Gasteiger partial charge in [-0.2, -0.15) is 5.10 Å². The number of piperazine rings is 1. The maximum absolute atomic E-state index is 15.2. The van der Waals surface area contributed by atoms with Crippen LogP contribution in [-0.2, 0) is 9.53 Å². The first-order chi connectivity index (χ1) is 16.4. The number of nitrogens with zero attached hydrogens (tertiary/aromatic N) is 3. The van der Waals surface area contributed by atoms with Crippen molar-refractivity contribution in [2.75, 3.05) is 19.8 Å². The van der Waals surface area contributed by atoms with Crippen molar-refractivity contribution in [3.8, 4) is 0 Å². The fourth-order valence-electron chi connectivity index (χ4n) is 5.12. The monoisotopic (exact) mass is 475 g/mol. The van der Waals surface area contributed by atoms with Gasteiger partial charge in [0.15, 0.2) is 29.0 Å². The number of hydrazone groups is 1. The predicted molar refractivity (Wildman–Crippen MR) is 114 cm³/mol. The number of ether oxygens (including phenoxy) is 1. The van der Waals surface area contributed by atoms with Crippen molar-refractivity contribution in [3.05, 3.63) is 82.3 Å². The number of aliphatic hydroxyl groups is 1. The molecule has 2 saturated heterocycles. The zero-order valence-electron chi connectivity index (χ0n) is 17.9. The van der Waals surface area contributed by atoms with E-state index in [2.05, 4.69) is 5.10 Å². The molecule has 0 bridgehead atoms. The summed E-state index contributed by atoms with van der Waals surface area (Å²) in [6.07, 6.45) is 2.58. The summed E-state index contributed by atoms with van der Waals surface area (Å²) in [5.74, 6) is -6.30. The summed E-state index contributed by atoms with van der Waals surface area (Å²) in [4.78, 5) is 14.8. The average molecular weight is 475 g/mol. The van der Waals surface area contributed by atoms with E-state index in [1.54, 1.807) is 4.90 Å². The minimum absolute atomic E-state index is 0.0489. The minimum atomic E-state index is -1.14. The van der Waals surface area contributed by atoms with E-state index in [-0.39, 0.29) is 35.8 Å². The zero-order chi connectivity index (χ0) is 24.0. The lowest BCUT2D eigenvalue weighted by molar-refractivity contribution is -0.136. The van der Waals surface area contributed by atoms with Gasteiger partial charge < -0.3 is 14.7 Å². The molecule has 178 valence electrons. The number of amides is 1. The van der Waals surface area contributed by atoms with Crippen molar-refractivity contribution >= 4 is 12.1 Å². The normalized spacial score (nSPS) is 26.5. The smallest absolute Gasteiger partial charge is 0.275 e. The fraction of sp³-hybridized carbons (Fsp3) is 0.333. The molecule has 3 aliphatic heterocycles. The molecule has 2 aromatic rings. The van der Waals surface area contributed by atoms with Crippen LogP contribution >= 0.6 is 0 Å². The van der Waals surface area contributed by atoms with Gasteiger partial charge in [-0.3, -0.25) is 9.80 Å². The Bertz CT molecular complexity index is 1200. The van der Waals surface area contributed by atoms with Gasteiger partial charge in [0, 0.05) is 18.0 Å². The summed E-state index contributed by atoms with van der Waals surface area (Å²) in [5.41, 5.74) is -0.0463. The molecule has 3 aliphatic rings. The Labute approximate surface area is 192 Å². The van der Waals surface area contributed by atoms with Gasteiger partial charge in [-0.25, -0.2) is 17.6 Å². The molecule has 5 rings (SSSR count). The van der Waals surface area contributed by atoms with E-state index in [4.69, 9.17) is 4.74 Å². The first-order valence-corrected chi connectivity index (χ1v) is 10.9. The summed E-state index contributed by atoms with van der Waals surface area (Å²) >= 11 is 0. The number of hydrogen-bond donors (Lipinski definition) is 1. The standard InChI is InChI=1S/C24H21F4N3O3/c25-15-7-6-13(11-17(15)27)20(14-3-1-4-16(26)21(14)28)22-18-5-2-9-30(18)24(33)23-19(32)12-34-10-8-29-31(22)23/h1,3-4,6-8,11,18,20,22,32H,2,5,9-10,12H2/b23-19+,29-8-/t18-,20+,22-/m1/s1. The molecule has 1 N–H and O–H groups in total. The Morgan fingerprint density at radius 3 is 2.71 bits per heavy atom. The second-order valence-corrected chi connectivity index (χ2v) is 8.45. The molecule has 0 spiro atoms. The molecule has 0 unspecified atom stereocenters. The lowest BCUT2D eigenvalue weighted by Gasteiger charge is -2.47. The first kappa shape index (κ1) is 22.4. The number of aliphatic hydroxyl groups excluding tert-OH is 1. The molecule has 10 heteroatoms. The molecule has 3 heterocycles. The number of halogens is 4. The van der Waals surface area contributed by atoms with Crippen LogP contribution in [0.25, 0.3) is 0 Å². The summed E-state index contributed by atoms with van der Waals surface area (Å²) < 4.78 is 62.9. The molecular weight excluding hydrogens is 454 g/mol. The molecule has 0 radical (unpaired) electrons. The van der Waals surface area contributed by atoms with E-state index in [9.17, 15) is 23.1 Å². The maximum atomic E-state index is 15.2. The molecule has 2 fully saturated rings. The quantitative estimate of drug-likeness (QED) is 0.686. The number of fused-ring (bicyclic) bond motifs is 2. The molecule has 0 aromatic heterocycles. The maximum Gasteiger partial charge on any atom is 0.275 e. The van der Waals surface area contributed by atoms with Gasteiger partial charge in [0.05, 0.1) is 24.9 Å². The van der Waals surface area contributed by atoms with Crippen LogP contribution in [0.3, 0.4) is 0 Å². The predicted octanol–water partition coefficient (Wildman–Crippen LogP) is 3.84. The van der Waals surface area contributed by atoms with Crippen LogP contribution in [0, 0.1) is 23.3 Å². The largest absolute Gasteiger partial charge is 0.507 e. The third kappa shape index (κ3) is 3.62. The molecule has 6 nitrogen and oxygen atoms in total. The van der Waals surface area contributed by atoms with E-state index in [1.165, 1.54) is 29.4 Å². The Balaban J connectivity index is 1.76. The van der Waals surface area contributed by atoms with Gasteiger partial charge in [0.2, 0.25) is 0 Å². The number of carbonyl (C=O) groups is 1. The van der Waals surface area contributed by atoms with Gasteiger partial charge in [0.1, 0.15) is 12.4 Å². The van der Waals surface area contributed by atoms with Gasteiger partial charge in [-0.05, 0) is 36.6 Å². The van der Waals surface area contributed by atoms with Crippen LogP contribution < -0.4 is 0 Å². The first-order valence-electron chi connectivity index (χ1n) is 10.9. The molecular formula is C24H21F4N3O3. The topological polar surface area (TPSA) is 65.4 Å².